The lowest BCUT2D eigenvalue weighted by molar-refractivity contribution is -0.116. The molecule has 1 atom stereocenters. The normalized spacial score (nSPS) is 17.5. The second-order valence-electron chi connectivity index (χ2n) is 3.03. The number of hydrogen-bond acceptors (Lipinski definition) is 2. The Balaban J connectivity index is 2.34. The topological polar surface area (TPSA) is 55.1 Å². The van der Waals surface area contributed by atoms with Gasteiger partial charge in [-0.1, -0.05) is 5.92 Å². The zero-order chi connectivity index (χ0) is 8.97. The van der Waals surface area contributed by atoms with Crippen LogP contribution in [0.25, 0.3) is 0 Å². The van der Waals surface area contributed by atoms with Crippen LogP contribution in [0, 0.1) is 17.8 Å². The molecule has 0 radical (unpaired) electrons. The van der Waals surface area contributed by atoms with Crippen LogP contribution in [-0.4, -0.2) is 18.5 Å². The maximum Gasteiger partial charge on any atom is 0.296 e. The van der Waals surface area contributed by atoms with Crippen molar-refractivity contribution in [2.75, 3.05) is 6.54 Å². The zero-order valence-corrected chi connectivity index (χ0v) is 7.26. The van der Waals surface area contributed by atoms with Gasteiger partial charge in [-0.05, 0) is 31.6 Å². The highest BCUT2D eigenvalue weighted by molar-refractivity contribution is 5.93. The monoisotopic (exact) mass is 166 g/mol. The van der Waals surface area contributed by atoms with E-state index < -0.39 is 0 Å². The Hall–Kier alpha value is -1.01. The summed E-state index contributed by atoms with van der Waals surface area (Å²) in [6.07, 6.45) is 2.36. The molecule has 0 saturated heterocycles. The molecule has 0 aliphatic heterocycles. The van der Waals surface area contributed by atoms with E-state index >= 15 is 0 Å². The van der Waals surface area contributed by atoms with Crippen LogP contribution >= 0.6 is 0 Å². The molecule has 1 fully saturated rings. The Labute approximate surface area is 72.7 Å². The van der Waals surface area contributed by atoms with Gasteiger partial charge < -0.3 is 11.1 Å². The van der Waals surface area contributed by atoms with Crippen molar-refractivity contribution in [2.24, 2.45) is 11.7 Å². The van der Waals surface area contributed by atoms with Crippen molar-refractivity contribution in [3.05, 3.63) is 0 Å². The summed E-state index contributed by atoms with van der Waals surface area (Å²) < 4.78 is 0. The molecule has 0 aromatic rings. The summed E-state index contributed by atoms with van der Waals surface area (Å²) in [5.41, 5.74) is 5.50. The molecular weight excluding hydrogens is 152 g/mol. The molecule has 0 aromatic carbocycles. The van der Waals surface area contributed by atoms with E-state index in [-0.39, 0.29) is 11.9 Å². The van der Waals surface area contributed by atoms with E-state index in [2.05, 4.69) is 17.2 Å². The van der Waals surface area contributed by atoms with Gasteiger partial charge in [-0.15, -0.1) is 0 Å². The van der Waals surface area contributed by atoms with Crippen LogP contribution in [0.15, 0.2) is 0 Å². The van der Waals surface area contributed by atoms with E-state index in [0.29, 0.717) is 12.5 Å². The summed E-state index contributed by atoms with van der Waals surface area (Å²) in [6.45, 7) is 2.16. The van der Waals surface area contributed by atoms with Gasteiger partial charge in [0.05, 0.1) is 0 Å². The number of nitrogens with one attached hydrogen (secondary N) is 1. The first-order chi connectivity index (χ1) is 5.77. The highest BCUT2D eigenvalue weighted by Gasteiger charge is 2.30. The van der Waals surface area contributed by atoms with Gasteiger partial charge in [0, 0.05) is 12.6 Å². The van der Waals surface area contributed by atoms with Gasteiger partial charge in [0.25, 0.3) is 5.91 Å². The molecule has 1 rings (SSSR count). The summed E-state index contributed by atoms with van der Waals surface area (Å²) in [5.74, 6) is 5.38. The zero-order valence-electron chi connectivity index (χ0n) is 7.26. The average molecular weight is 166 g/mol. The number of amides is 1. The van der Waals surface area contributed by atoms with Crippen molar-refractivity contribution < 1.29 is 4.79 Å². The van der Waals surface area contributed by atoms with Crippen LogP contribution in [0.1, 0.15) is 19.8 Å². The lowest BCUT2D eigenvalue weighted by atomic mass is 10.2. The lowest BCUT2D eigenvalue weighted by Gasteiger charge is -2.13. The summed E-state index contributed by atoms with van der Waals surface area (Å²) in [5, 5.41) is 2.79. The number of carbonyl (C=O) groups excluding carboxylic acids is 1. The van der Waals surface area contributed by atoms with Gasteiger partial charge in [0.15, 0.2) is 0 Å². The molecule has 0 aromatic heterocycles. The van der Waals surface area contributed by atoms with Crippen molar-refractivity contribution in [3.63, 3.8) is 0 Å². The van der Waals surface area contributed by atoms with E-state index in [1.165, 1.54) is 12.8 Å². The van der Waals surface area contributed by atoms with Crippen LogP contribution in [0.2, 0.25) is 0 Å². The Morgan fingerprint density at radius 1 is 1.75 bits per heavy atom. The third kappa shape index (κ3) is 2.55. The third-order valence-electron chi connectivity index (χ3n) is 2.00. The first-order valence-electron chi connectivity index (χ1n) is 4.21. The van der Waals surface area contributed by atoms with Crippen molar-refractivity contribution in [3.8, 4) is 11.8 Å². The minimum Gasteiger partial charge on any atom is -0.341 e. The molecule has 3 heteroatoms. The number of hydrogen-bond donors (Lipinski definition) is 2. The maximum absolute atomic E-state index is 11.0. The van der Waals surface area contributed by atoms with E-state index in [4.69, 9.17) is 5.73 Å². The summed E-state index contributed by atoms with van der Waals surface area (Å²) >= 11 is 0. The molecule has 1 aliphatic rings. The van der Waals surface area contributed by atoms with Crippen molar-refractivity contribution in [1.82, 2.24) is 5.32 Å². The fourth-order valence-corrected chi connectivity index (χ4v) is 1.19. The molecule has 3 N–H and O–H groups in total. The molecule has 1 unspecified atom stereocenters. The molecule has 3 nitrogen and oxygen atoms in total. The molecule has 0 spiro atoms. The standard InChI is InChI=1S/C9H14N2O/c1-2-3-9(12)11-8(6-10)7-4-5-7/h7-8H,4-6,10H2,1H3,(H,11,12). The lowest BCUT2D eigenvalue weighted by Crippen LogP contribution is -2.41. The van der Waals surface area contributed by atoms with Gasteiger partial charge in [-0.25, -0.2) is 0 Å². The fourth-order valence-electron chi connectivity index (χ4n) is 1.19. The summed E-state index contributed by atoms with van der Waals surface area (Å²) in [7, 11) is 0. The minimum atomic E-state index is -0.208. The Bertz CT molecular complexity index is 222. The summed E-state index contributed by atoms with van der Waals surface area (Å²) in [4.78, 5) is 11.0. The molecular formula is C9H14N2O. The molecule has 1 amide bonds. The Morgan fingerprint density at radius 2 is 2.42 bits per heavy atom. The van der Waals surface area contributed by atoms with Crippen LogP contribution in [0.3, 0.4) is 0 Å². The molecule has 1 aliphatic carbocycles. The van der Waals surface area contributed by atoms with Crippen LogP contribution in [-0.2, 0) is 4.79 Å². The highest BCUT2D eigenvalue weighted by Crippen LogP contribution is 2.31. The first kappa shape index (κ1) is 9.08. The van der Waals surface area contributed by atoms with Crippen molar-refractivity contribution in [1.29, 1.82) is 0 Å². The third-order valence-corrected chi connectivity index (χ3v) is 2.00. The van der Waals surface area contributed by atoms with Gasteiger partial charge in [-0.3, -0.25) is 4.79 Å². The summed E-state index contributed by atoms with van der Waals surface area (Å²) in [6, 6.07) is 0.137. The van der Waals surface area contributed by atoms with Gasteiger partial charge in [-0.2, -0.15) is 0 Å². The average Bonchev–Trinajstić information content (AvgIpc) is 2.83. The van der Waals surface area contributed by atoms with E-state index in [1.807, 2.05) is 0 Å². The fraction of sp³-hybridized carbons (Fsp3) is 0.667. The van der Waals surface area contributed by atoms with Crippen molar-refractivity contribution >= 4 is 5.91 Å². The van der Waals surface area contributed by atoms with Crippen LogP contribution in [0.5, 0.6) is 0 Å². The van der Waals surface area contributed by atoms with E-state index in [0.717, 1.165) is 0 Å². The maximum atomic E-state index is 11.0. The van der Waals surface area contributed by atoms with E-state index in [1.54, 1.807) is 6.92 Å². The Morgan fingerprint density at radius 3 is 2.83 bits per heavy atom. The quantitative estimate of drug-likeness (QED) is 0.573. The molecule has 0 heterocycles. The predicted molar refractivity (Wildman–Crippen MR) is 47.2 cm³/mol. The largest absolute Gasteiger partial charge is 0.341 e. The molecule has 66 valence electrons. The van der Waals surface area contributed by atoms with Gasteiger partial charge >= 0.3 is 0 Å². The van der Waals surface area contributed by atoms with Gasteiger partial charge in [0.2, 0.25) is 0 Å². The SMILES string of the molecule is CC#CC(=O)NC(CN)C1CC1. The first-order valence-corrected chi connectivity index (χ1v) is 4.21. The number of rotatable bonds is 3. The highest BCUT2D eigenvalue weighted by atomic mass is 16.1. The second kappa shape index (κ2) is 4.13. The predicted octanol–water partition coefficient (Wildman–Crippen LogP) is -0.137. The smallest absolute Gasteiger partial charge is 0.296 e. The number of nitrogens with two attached hydrogens (primary N) is 1. The van der Waals surface area contributed by atoms with Gasteiger partial charge in [0.1, 0.15) is 0 Å². The van der Waals surface area contributed by atoms with Crippen LogP contribution < -0.4 is 11.1 Å². The molecule has 12 heavy (non-hydrogen) atoms. The van der Waals surface area contributed by atoms with Crippen molar-refractivity contribution in [2.45, 2.75) is 25.8 Å². The second-order valence-corrected chi connectivity index (χ2v) is 3.03. The molecule has 0 bridgehead atoms. The minimum absolute atomic E-state index is 0.137. The Kier molecular flexibility index (Phi) is 3.12. The van der Waals surface area contributed by atoms with Crippen LogP contribution in [0.4, 0.5) is 0 Å². The molecule has 1 saturated carbocycles. The number of carbonyl (C=O) groups is 1. The van der Waals surface area contributed by atoms with E-state index in [9.17, 15) is 4.79 Å².